The predicted octanol–water partition coefficient (Wildman–Crippen LogP) is 2.75. The molecule has 0 N–H and O–H groups in total. The summed E-state index contributed by atoms with van der Waals surface area (Å²) in [7, 11) is -3.46. The van der Waals surface area contributed by atoms with Gasteiger partial charge in [-0.1, -0.05) is 59.6 Å². The van der Waals surface area contributed by atoms with Crippen LogP contribution in [0.4, 0.5) is 0 Å². The van der Waals surface area contributed by atoms with Crippen molar-refractivity contribution in [3.05, 3.63) is 69.7 Å². The molecule has 1 saturated heterocycles. The van der Waals surface area contributed by atoms with Gasteiger partial charge in [0.05, 0.1) is 12.2 Å². The van der Waals surface area contributed by atoms with Crippen LogP contribution in [-0.4, -0.2) is 62.3 Å². The van der Waals surface area contributed by atoms with Gasteiger partial charge in [0.15, 0.2) is 6.61 Å². The average molecular weight is 485 g/mol. The molecule has 0 saturated carbocycles. The molecule has 1 aliphatic rings. The number of benzene rings is 2. The Bertz CT molecular complexity index is 1040. The highest BCUT2D eigenvalue weighted by molar-refractivity contribution is 7.88. The van der Waals surface area contributed by atoms with E-state index in [0.29, 0.717) is 21.2 Å². The van der Waals surface area contributed by atoms with Gasteiger partial charge in [0.25, 0.3) is 5.91 Å². The minimum atomic E-state index is -3.46. The topological polar surface area (TPSA) is 84.0 Å². The van der Waals surface area contributed by atoms with Crippen LogP contribution in [0, 0.1) is 0 Å². The second kappa shape index (κ2) is 10.5. The average Bonchev–Trinajstić information content (AvgIpc) is 2.74. The summed E-state index contributed by atoms with van der Waals surface area (Å²) in [5.41, 5.74) is 1.27. The van der Waals surface area contributed by atoms with Crippen molar-refractivity contribution in [3.63, 3.8) is 0 Å². The van der Waals surface area contributed by atoms with E-state index in [-0.39, 0.29) is 44.3 Å². The molecule has 1 aliphatic heterocycles. The van der Waals surface area contributed by atoms with Gasteiger partial charge in [0.2, 0.25) is 10.0 Å². The van der Waals surface area contributed by atoms with Crippen LogP contribution in [-0.2, 0) is 36.5 Å². The van der Waals surface area contributed by atoms with Crippen molar-refractivity contribution in [3.8, 4) is 0 Å². The maximum Gasteiger partial charge on any atom is 0.310 e. The fourth-order valence-corrected chi connectivity index (χ4v) is 5.19. The molecule has 0 atom stereocenters. The Balaban J connectivity index is 1.45. The fraction of sp³-hybridized carbons (Fsp3) is 0.333. The van der Waals surface area contributed by atoms with Gasteiger partial charge in [-0.25, -0.2) is 8.42 Å². The molecule has 1 fully saturated rings. The van der Waals surface area contributed by atoms with E-state index in [2.05, 4.69) is 0 Å². The third-order valence-electron chi connectivity index (χ3n) is 4.88. The quantitative estimate of drug-likeness (QED) is 0.564. The fourth-order valence-electron chi connectivity index (χ4n) is 3.20. The highest BCUT2D eigenvalue weighted by Gasteiger charge is 2.29. The van der Waals surface area contributed by atoms with Crippen molar-refractivity contribution in [2.45, 2.75) is 12.2 Å². The summed E-state index contributed by atoms with van der Waals surface area (Å²) in [6.45, 7) is 0.492. The zero-order chi connectivity index (χ0) is 22.4. The number of amides is 1. The molecule has 2 aromatic carbocycles. The highest BCUT2D eigenvalue weighted by atomic mass is 35.5. The van der Waals surface area contributed by atoms with Crippen LogP contribution in [0.1, 0.15) is 11.1 Å². The summed E-state index contributed by atoms with van der Waals surface area (Å²) in [4.78, 5) is 25.9. The van der Waals surface area contributed by atoms with E-state index in [0.717, 1.165) is 0 Å². The summed E-state index contributed by atoms with van der Waals surface area (Å²) in [6, 6.07) is 13.7. The van der Waals surface area contributed by atoms with Gasteiger partial charge in [-0.15, -0.1) is 0 Å². The van der Waals surface area contributed by atoms with Crippen molar-refractivity contribution in [1.29, 1.82) is 0 Å². The molecule has 1 amide bonds. The monoisotopic (exact) mass is 484 g/mol. The maximum absolute atomic E-state index is 12.6. The van der Waals surface area contributed by atoms with E-state index in [9.17, 15) is 18.0 Å². The van der Waals surface area contributed by atoms with Crippen molar-refractivity contribution < 1.29 is 22.7 Å². The van der Waals surface area contributed by atoms with Crippen molar-refractivity contribution in [2.75, 3.05) is 32.8 Å². The van der Waals surface area contributed by atoms with Gasteiger partial charge in [-0.05, 0) is 23.3 Å². The highest BCUT2D eigenvalue weighted by Crippen LogP contribution is 2.21. The molecule has 7 nitrogen and oxygen atoms in total. The van der Waals surface area contributed by atoms with Gasteiger partial charge in [0, 0.05) is 36.2 Å². The number of nitrogens with zero attached hydrogens (tertiary/aromatic N) is 2. The second-order valence-corrected chi connectivity index (χ2v) is 9.91. The van der Waals surface area contributed by atoms with Gasteiger partial charge in [-0.3, -0.25) is 9.59 Å². The standard InChI is InChI=1S/C21H22Cl2N2O5S/c22-18-7-6-17(19(23)13-18)12-21(27)30-14-20(26)24-8-10-25(11-9-24)31(28,29)15-16-4-2-1-3-5-16/h1-7,13H,8-12,14-15H2. The van der Waals surface area contributed by atoms with Crippen molar-refractivity contribution in [1.82, 2.24) is 9.21 Å². The Morgan fingerprint density at radius 1 is 0.968 bits per heavy atom. The lowest BCUT2D eigenvalue weighted by atomic mass is 10.1. The molecule has 2 aromatic rings. The molecule has 0 spiro atoms. The molecule has 0 unspecified atom stereocenters. The van der Waals surface area contributed by atoms with Crippen LogP contribution in [0.2, 0.25) is 10.0 Å². The Morgan fingerprint density at radius 3 is 2.29 bits per heavy atom. The van der Waals surface area contributed by atoms with E-state index < -0.39 is 22.6 Å². The molecule has 0 aliphatic carbocycles. The van der Waals surface area contributed by atoms with Crippen LogP contribution in [0.25, 0.3) is 0 Å². The molecule has 31 heavy (non-hydrogen) atoms. The summed E-state index contributed by atoms with van der Waals surface area (Å²) >= 11 is 11.9. The lowest BCUT2D eigenvalue weighted by Crippen LogP contribution is -2.51. The maximum atomic E-state index is 12.6. The predicted molar refractivity (Wildman–Crippen MR) is 118 cm³/mol. The normalized spacial score (nSPS) is 15.0. The molecule has 0 radical (unpaired) electrons. The van der Waals surface area contributed by atoms with Crippen molar-refractivity contribution in [2.24, 2.45) is 0 Å². The number of ether oxygens (including phenoxy) is 1. The van der Waals surface area contributed by atoms with Crippen LogP contribution in [0.3, 0.4) is 0 Å². The third-order valence-corrected chi connectivity index (χ3v) is 7.32. The van der Waals surface area contributed by atoms with Gasteiger partial charge >= 0.3 is 5.97 Å². The van der Waals surface area contributed by atoms with Crippen LogP contribution < -0.4 is 0 Å². The number of halogens is 2. The second-order valence-electron chi connectivity index (χ2n) is 7.09. The Kier molecular flexibility index (Phi) is 7.94. The summed E-state index contributed by atoms with van der Waals surface area (Å²) in [6.07, 6.45) is -0.0746. The number of hydrogen-bond donors (Lipinski definition) is 0. The first kappa shape index (κ1) is 23.5. The number of rotatable bonds is 7. The zero-order valence-corrected chi connectivity index (χ0v) is 19.0. The minimum Gasteiger partial charge on any atom is -0.455 e. The Morgan fingerprint density at radius 2 is 1.65 bits per heavy atom. The van der Waals surface area contributed by atoms with Crippen molar-refractivity contribution >= 4 is 45.1 Å². The molecule has 3 rings (SSSR count). The van der Waals surface area contributed by atoms with Crippen LogP contribution in [0.5, 0.6) is 0 Å². The Labute approximate surface area is 191 Å². The first-order chi connectivity index (χ1) is 14.7. The minimum absolute atomic E-state index is 0.0746. The number of piperazine rings is 1. The number of sulfonamides is 1. The smallest absolute Gasteiger partial charge is 0.310 e. The summed E-state index contributed by atoms with van der Waals surface area (Å²) < 4.78 is 31.7. The van der Waals surface area contributed by atoms with E-state index in [4.69, 9.17) is 27.9 Å². The lowest BCUT2D eigenvalue weighted by molar-refractivity contribution is -0.152. The van der Waals surface area contributed by atoms with E-state index >= 15 is 0 Å². The van der Waals surface area contributed by atoms with E-state index in [1.165, 1.54) is 15.3 Å². The molecule has 10 heteroatoms. The molecule has 0 aromatic heterocycles. The SMILES string of the molecule is O=C(Cc1ccc(Cl)cc1Cl)OCC(=O)N1CCN(S(=O)(=O)Cc2ccccc2)CC1. The number of carbonyl (C=O) groups is 2. The molecular weight excluding hydrogens is 463 g/mol. The van der Waals surface area contributed by atoms with Crippen LogP contribution in [0.15, 0.2) is 48.5 Å². The number of esters is 1. The lowest BCUT2D eigenvalue weighted by Gasteiger charge is -2.33. The zero-order valence-electron chi connectivity index (χ0n) is 16.7. The summed E-state index contributed by atoms with van der Waals surface area (Å²) in [5, 5.41) is 0.811. The third kappa shape index (κ3) is 6.67. The van der Waals surface area contributed by atoms with Gasteiger partial charge in [0.1, 0.15) is 0 Å². The number of carbonyl (C=O) groups excluding carboxylic acids is 2. The van der Waals surface area contributed by atoms with E-state index in [1.54, 1.807) is 36.4 Å². The Hall–Kier alpha value is -2.13. The first-order valence-corrected chi connectivity index (χ1v) is 12.0. The first-order valence-electron chi connectivity index (χ1n) is 9.64. The van der Waals surface area contributed by atoms with Crippen LogP contribution >= 0.6 is 23.2 Å². The largest absolute Gasteiger partial charge is 0.455 e. The van der Waals surface area contributed by atoms with Gasteiger partial charge in [-0.2, -0.15) is 4.31 Å². The summed E-state index contributed by atoms with van der Waals surface area (Å²) in [5.74, 6) is -1.02. The molecule has 166 valence electrons. The van der Waals surface area contributed by atoms with E-state index in [1.807, 2.05) is 6.07 Å². The molecule has 1 heterocycles. The molecule has 0 bridgehead atoms. The van der Waals surface area contributed by atoms with Gasteiger partial charge < -0.3 is 9.64 Å². The number of hydrogen-bond acceptors (Lipinski definition) is 5. The molecular formula is C21H22Cl2N2O5S.